The Morgan fingerprint density at radius 2 is 2.47 bits per heavy atom. The number of rotatable bonds is 4. The molecule has 2 aliphatic carbocycles. The minimum Gasteiger partial charge on any atom is -0.481 e. The van der Waals surface area contributed by atoms with E-state index in [1.165, 1.54) is 12.0 Å². The molecule has 2 rings (SSSR count). The van der Waals surface area contributed by atoms with E-state index in [0.29, 0.717) is 18.4 Å². The molecule has 1 fully saturated rings. The largest absolute Gasteiger partial charge is 0.481 e. The van der Waals surface area contributed by atoms with Gasteiger partial charge in [-0.15, -0.1) is 0 Å². The summed E-state index contributed by atoms with van der Waals surface area (Å²) in [6, 6.07) is 0. The predicted molar refractivity (Wildman–Crippen MR) is 58.3 cm³/mol. The Hall–Kier alpha value is -0.830. The maximum absolute atomic E-state index is 10.8. The molecule has 0 aliphatic heterocycles. The average molecular weight is 209 g/mol. The lowest BCUT2D eigenvalue weighted by molar-refractivity contribution is -0.144. The van der Waals surface area contributed by atoms with Crippen LogP contribution in [-0.4, -0.2) is 17.6 Å². The maximum atomic E-state index is 10.8. The summed E-state index contributed by atoms with van der Waals surface area (Å²) in [6.45, 7) is 2.67. The van der Waals surface area contributed by atoms with Crippen LogP contribution in [0.2, 0.25) is 0 Å². The summed E-state index contributed by atoms with van der Waals surface area (Å²) in [5.41, 5.74) is 7.13. The molecular formula is C12H19NO2. The van der Waals surface area contributed by atoms with Gasteiger partial charge in [0.1, 0.15) is 0 Å². The van der Waals surface area contributed by atoms with Crippen LogP contribution in [0.5, 0.6) is 0 Å². The summed E-state index contributed by atoms with van der Waals surface area (Å²) < 4.78 is 0. The fourth-order valence-corrected chi connectivity index (χ4v) is 3.34. The van der Waals surface area contributed by atoms with Crippen LogP contribution in [0.4, 0.5) is 0 Å². The molecule has 1 saturated carbocycles. The van der Waals surface area contributed by atoms with Crippen LogP contribution in [-0.2, 0) is 4.79 Å². The standard InChI is InChI=1S/C12H19NO2/c1-2-8-3-9-5-12(7-13,6-11(14)15)10(9)4-8/h4,9-10H,2-3,5-7,13H2,1H3,(H,14,15)/t9-,10+,12-/m1/s1. The van der Waals surface area contributed by atoms with E-state index < -0.39 is 5.97 Å². The Bertz CT molecular complexity index is 311. The molecule has 0 saturated heterocycles. The number of carbonyl (C=O) groups is 1. The van der Waals surface area contributed by atoms with Crippen LogP contribution in [0.3, 0.4) is 0 Å². The molecular weight excluding hydrogens is 190 g/mol. The smallest absolute Gasteiger partial charge is 0.303 e. The summed E-state index contributed by atoms with van der Waals surface area (Å²) in [5.74, 6) is 0.411. The molecule has 15 heavy (non-hydrogen) atoms. The first-order chi connectivity index (χ1) is 7.11. The van der Waals surface area contributed by atoms with Crippen molar-refractivity contribution in [3.05, 3.63) is 11.6 Å². The third-order valence-electron chi connectivity index (χ3n) is 4.19. The molecule has 0 unspecified atom stereocenters. The second kappa shape index (κ2) is 3.63. The minimum absolute atomic E-state index is 0.132. The Morgan fingerprint density at radius 3 is 3.00 bits per heavy atom. The van der Waals surface area contributed by atoms with Crippen molar-refractivity contribution in [2.45, 2.75) is 32.6 Å². The number of aliphatic carboxylic acids is 1. The van der Waals surface area contributed by atoms with Crippen LogP contribution < -0.4 is 5.73 Å². The zero-order chi connectivity index (χ0) is 11.1. The molecule has 0 aromatic carbocycles. The van der Waals surface area contributed by atoms with E-state index in [0.717, 1.165) is 12.8 Å². The molecule has 0 amide bonds. The second-order valence-electron chi connectivity index (χ2n) is 5.01. The first kappa shape index (κ1) is 10.7. The molecule has 3 atom stereocenters. The Kier molecular flexibility index (Phi) is 2.59. The third kappa shape index (κ3) is 1.59. The van der Waals surface area contributed by atoms with Crippen molar-refractivity contribution < 1.29 is 9.90 Å². The van der Waals surface area contributed by atoms with Crippen LogP contribution >= 0.6 is 0 Å². The number of carboxylic acids is 1. The molecule has 0 spiro atoms. The number of allylic oxidation sites excluding steroid dienone is 2. The van der Waals surface area contributed by atoms with E-state index >= 15 is 0 Å². The predicted octanol–water partition coefficient (Wildman–Crippen LogP) is 1.78. The lowest BCUT2D eigenvalue weighted by atomic mass is 9.53. The SMILES string of the molecule is CCC1=C[C@H]2[C@H](C1)C[C@]2(CN)CC(=O)O. The van der Waals surface area contributed by atoms with Crippen LogP contribution in [0, 0.1) is 17.3 Å². The number of nitrogens with two attached hydrogens (primary N) is 1. The van der Waals surface area contributed by atoms with Gasteiger partial charge in [-0.25, -0.2) is 0 Å². The number of hydrogen-bond donors (Lipinski definition) is 2. The van der Waals surface area contributed by atoms with Gasteiger partial charge in [-0.05, 0) is 43.1 Å². The van der Waals surface area contributed by atoms with Gasteiger partial charge >= 0.3 is 5.97 Å². The van der Waals surface area contributed by atoms with Crippen LogP contribution in [0.15, 0.2) is 11.6 Å². The van der Waals surface area contributed by atoms with Gasteiger partial charge < -0.3 is 10.8 Å². The summed E-state index contributed by atoms with van der Waals surface area (Å²) in [7, 11) is 0. The molecule has 0 aromatic rings. The van der Waals surface area contributed by atoms with Gasteiger partial charge in [0.2, 0.25) is 0 Å². The summed E-state index contributed by atoms with van der Waals surface area (Å²) in [4.78, 5) is 10.8. The monoisotopic (exact) mass is 209 g/mol. The number of hydrogen-bond acceptors (Lipinski definition) is 2. The van der Waals surface area contributed by atoms with Gasteiger partial charge in [-0.3, -0.25) is 4.79 Å². The molecule has 0 radical (unpaired) electrons. The number of fused-ring (bicyclic) bond motifs is 1. The normalized spacial score (nSPS) is 38.1. The minimum atomic E-state index is -0.711. The molecule has 84 valence electrons. The maximum Gasteiger partial charge on any atom is 0.303 e. The molecule has 0 heterocycles. The first-order valence-electron chi connectivity index (χ1n) is 5.72. The van der Waals surface area contributed by atoms with Gasteiger partial charge in [-0.1, -0.05) is 18.6 Å². The molecule has 2 aliphatic rings. The Balaban J connectivity index is 2.11. The molecule has 3 N–H and O–H groups in total. The second-order valence-corrected chi connectivity index (χ2v) is 5.01. The quantitative estimate of drug-likeness (QED) is 0.694. The van der Waals surface area contributed by atoms with Crippen molar-refractivity contribution in [1.82, 2.24) is 0 Å². The molecule has 0 aromatic heterocycles. The Labute approximate surface area is 90.3 Å². The number of carboxylic acid groups (broad SMARTS) is 1. The highest BCUT2D eigenvalue weighted by atomic mass is 16.4. The highest BCUT2D eigenvalue weighted by Crippen LogP contribution is 2.59. The fraction of sp³-hybridized carbons (Fsp3) is 0.750. The zero-order valence-electron chi connectivity index (χ0n) is 9.20. The molecule has 0 bridgehead atoms. The fourth-order valence-electron chi connectivity index (χ4n) is 3.34. The van der Waals surface area contributed by atoms with Gasteiger partial charge in [0.05, 0.1) is 6.42 Å². The summed E-state index contributed by atoms with van der Waals surface area (Å²) in [5, 5.41) is 8.91. The van der Waals surface area contributed by atoms with E-state index in [2.05, 4.69) is 13.0 Å². The average Bonchev–Trinajstić information content (AvgIpc) is 2.53. The summed E-state index contributed by atoms with van der Waals surface area (Å²) >= 11 is 0. The third-order valence-corrected chi connectivity index (χ3v) is 4.19. The molecule has 3 nitrogen and oxygen atoms in total. The summed E-state index contributed by atoms with van der Waals surface area (Å²) in [6.07, 6.45) is 5.80. The van der Waals surface area contributed by atoms with Crippen molar-refractivity contribution in [1.29, 1.82) is 0 Å². The van der Waals surface area contributed by atoms with Crippen molar-refractivity contribution in [2.24, 2.45) is 23.0 Å². The highest BCUT2D eigenvalue weighted by molar-refractivity contribution is 5.68. The van der Waals surface area contributed by atoms with E-state index in [-0.39, 0.29) is 11.8 Å². The van der Waals surface area contributed by atoms with E-state index in [1.54, 1.807) is 0 Å². The Morgan fingerprint density at radius 1 is 1.73 bits per heavy atom. The van der Waals surface area contributed by atoms with Crippen molar-refractivity contribution in [2.75, 3.05) is 6.54 Å². The van der Waals surface area contributed by atoms with Crippen molar-refractivity contribution >= 4 is 5.97 Å². The van der Waals surface area contributed by atoms with Gasteiger partial charge in [0, 0.05) is 0 Å². The zero-order valence-corrected chi connectivity index (χ0v) is 9.20. The van der Waals surface area contributed by atoms with Gasteiger partial charge in [0.15, 0.2) is 0 Å². The van der Waals surface area contributed by atoms with Crippen LogP contribution in [0.1, 0.15) is 32.6 Å². The van der Waals surface area contributed by atoms with Crippen LogP contribution in [0.25, 0.3) is 0 Å². The first-order valence-corrected chi connectivity index (χ1v) is 5.72. The van der Waals surface area contributed by atoms with Crippen molar-refractivity contribution in [3.63, 3.8) is 0 Å². The lowest BCUT2D eigenvalue weighted by Crippen LogP contribution is -2.51. The topological polar surface area (TPSA) is 63.3 Å². The molecule has 3 heteroatoms. The highest BCUT2D eigenvalue weighted by Gasteiger charge is 2.54. The van der Waals surface area contributed by atoms with E-state index in [9.17, 15) is 4.79 Å². The lowest BCUT2D eigenvalue weighted by Gasteiger charge is -2.51. The van der Waals surface area contributed by atoms with Gasteiger partial charge in [0.25, 0.3) is 0 Å². The van der Waals surface area contributed by atoms with Crippen molar-refractivity contribution in [3.8, 4) is 0 Å². The van der Waals surface area contributed by atoms with E-state index in [1.807, 2.05) is 0 Å². The van der Waals surface area contributed by atoms with Gasteiger partial charge in [-0.2, -0.15) is 0 Å². The van der Waals surface area contributed by atoms with E-state index in [4.69, 9.17) is 10.8 Å².